The van der Waals surface area contributed by atoms with Crippen molar-refractivity contribution in [3.8, 4) is 0 Å². The zero-order valence-electron chi connectivity index (χ0n) is 9.02. The van der Waals surface area contributed by atoms with E-state index in [4.69, 9.17) is 23.2 Å². The average molecular weight is 283 g/mol. The zero-order chi connectivity index (χ0) is 13.0. The molecule has 2 aromatic rings. The number of carbonyl (C=O) groups is 1. The summed E-state index contributed by atoms with van der Waals surface area (Å²) < 4.78 is 0. The van der Waals surface area contributed by atoms with Crippen LogP contribution in [0.1, 0.15) is 0 Å². The van der Waals surface area contributed by atoms with Crippen LogP contribution in [0.2, 0.25) is 10.2 Å². The fourth-order valence-corrected chi connectivity index (χ4v) is 1.62. The highest BCUT2D eigenvalue weighted by atomic mass is 35.5. The molecule has 7 heteroatoms. The van der Waals surface area contributed by atoms with Gasteiger partial charge in [0.05, 0.1) is 11.9 Å². The molecule has 0 fully saturated rings. The van der Waals surface area contributed by atoms with Crippen LogP contribution in [-0.4, -0.2) is 16.2 Å². The van der Waals surface area contributed by atoms with Crippen molar-refractivity contribution in [2.45, 2.75) is 0 Å². The van der Waals surface area contributed by atoms with Crippen LogP contribution in [0, 0.1) is 0 Å². The summed E-state index contributed by atoms with van der Waals surface area (Å²) in [5.74, 6) is 0. The van der Waals surface area contributed by atoms with Crippen molar-refractivity contribution in [2.75, 3.05) is 10.6 Å². The summed E-state index contributed by atoms with van der Waals surface area (Å²) in [7, 11) is 0. The number of aromatic nitrogens is 2. The van der Waals surface area contributed by atoms with Gasteiger partial charge < -0.3 is 10.6 Å². The summed E-state index contributed by atoms with van der Waals surface area (Å²) in [5, 5.41) is 13.1. The number of nitrogens with one attached hydrogen (secondary N) is 2. The first-order valence-electron chi connectivity index (χ1n) is 4.95. The van der Waals surface area contributed by atoms with Crippen LogP contribution in [0.25, 0.3) is 0 Å². The maximum Gasteiger partial charge on any atom is 0.323 e. The molecule has 1 aromatic heterocycles. The molecule has 5 nitrogen and oxygen atoms in total. The summed E-state index contributed by atoms with van der Waals surface area (Å²) >= 11 is 11.4. The highest BCUT2D eigenvalue weighted by molar-refractivity contribution is 6.31. The van der Waals surface area contributed by atoms with Crippen molar-refractivity contribution in [3.63, 3.8) is 0 Å². The number of anilines is 2. The lowest BCUT2D eigenvalue weighted by Gasteiger charge is -2.07. The maximum absolute atomic E-state index is 11.6. The Bertz CT molecular complexity index is 527. The number of hydrogen-bond donors (Lipinski definition) is 2. The molecule has 0 radical (unpaired) electrons. The minimum atomic E-state index is -0.415. The van der Waals surface area contributed by atoms with Crippen molar-refractivity contribution < 1.29 is 4.79 Å². The number of urea groups is 1. The number of rotatable bonds is 2. The molecular formula is C11H8Cl2N4O. The fourth-order valence-electron chi connectivity index (χ4n) is 1.27. The van der Waals surface area contributed by atoms with Gasteiger partial charge in [0.2, 0.25) is 0 Å². The molecule has 0 saturated carbocycles. The normalized spacial score (nSPS) is 9.89. The summed E-state index contributed by atoms with van der Waals surface area (Å²) in [5.41, 5.74) is 1.04. The summed E-state index contributed by atoms with van der Waals surface area (Å²) in [6, 6.07) is 7.90. The number of amides is 2. The zero-order valence-corrected chi connectivity index (χ0v) is 10.5. The molecule has 2 N–H and O–H groups in total. The smallest absolute Gasteiger partial charge is 0.308 e. The number of hydrogen-bond acceptors (Lipinski definition) is 3. The Hall–Kier alpha value is -1.85. The van der Waals surface area contributed by atoms with E-state index in [2.05, 4.69) is 20.8 Å². The fraction of sp³-hybridized carbons (Fsp3) is 0. The van der Waals surface area contributed by atoms with E-state index in [1.54, 1.807) is 24.3 Å². The molecule has 1 heterocycles. The molecule has 0 atom stereocenters. The lowest BCUT2D eigenvalue weighted by Crippen LogP contribution is -2.19. The van der Waals surface area contributed by atoms with Gasteiger partial charge in [-0.2, -0.15) is 5.10 Å². The van der Waals surface area contributed by atoms with Crippen molar-refractivity contribution in [3.05, 3.63) is 46.7 Å². The van der Waals surface area contributed by atoms with E-state index in [0.29, 0.717) is 16.4 Å². The van der Waals surface area contributed by atoms with E-state index in [-0.39, 0.29) is 5.15 Å². The monoisotopic (exact) mass is 282 g/mol. The minimum Gasteiger partial charge on any atom is -0.308 e. The maximum atomic E-state index is 11.6. The SMILES string of the molecule is O=C(Nc1cccc(Cl)c1)Nc1cnnc(Cl)c1. The molecule has 0 aliphatic heterocycles. The van der Waals surface area contributed by atoms with E-state index in [9.17, 15) is 4.79 Å². The Balaban J connectivity index is 2.01. The number of carbonyl (C=O) groups excluding carboxylic acids is 1. The van der Waals surface area contributed by atoms with E-state index in [1.165, 1.54) is 12.3 Å². The first-order valence-corrected chi connectivity index (χ1v) is 5.71. The number of nitrogens with zero attached hydrogens (tertiary/aromatic N) is 2. The van der Waals surface area contributed by atoms with Gasteiger partial charge in [0, 0.05) is 16.8 Å². The van der Waals surface area contributed by atoms with E-state index < -0.39 is 6.03 Å². The Labute approximate surface area is 113 Å². The Morgan fingerprint density at radius 1 is 1.11 bits per heavy atom. The van der Waals surface area contributed by atoms with Gasteiger partial charge >= 0.3 is 6.03 Å². The van der Waals surface area contributed by atoms with Crippen molar-refractivity contribution >= 4 is 40.6 Å². The van der Waals surface area contributed by atoms with Gasteiger partial charge in [-0.1, -0.05) is 29.3 Å². The third kappa shape index (κ3) is 3.58. The van der Waals surface area contributed by atoms with Crippen molar-refractivity contribution in [2.24, 2.45) is 0 Å². The molecule has 0 aliphatic carbocycles. The van der Waals surface area contributed by atoms with Crippen LogP contribution in [0.3, 0.4) is 0 Å². The van der Waals surface area contributed by atoms with Crippen LogP contribution in [0.4, 0.5) is 16.2 Å². The van der Waals surface area contributed by atoms with E-state index in [0.717, 1.165) is 0 Å². The molecule has 2 amide bonds. The van der Waals surface area contributed by atoms with Gasteiger partial charge in [0.25, 0.3) is 0 Å². The summed E-state index contributed by atoms with van der Waals surface area (Å²) in [4.78, 5) is 11.6. The van der Waals surface area contributed by atoms with E-state index >= 15 is 0 Å². The minimum absolute atomic E-state index is 0.204. The highest BCUT2D eigenvalue weighted by Gasteiger charge is 2.04. The second-order valence-corrected chi connectivity index (χ2v) is 4.18. The molecule has 1 aromatic carbocycles. The molecule has 0 bridgehead atoms. The third-order valence-corrected chi connectivity index (χ3v) is 2.38. The van der Waals surface area contributed by atoms with E-state index in [1.807, 2.05) is 0 Å². The largest absolute Gasteiger partial charge is 0.323 e. The lowest BCUT2D eigenvalue weighted by molar-refractivity contribution is 0.262. The van der Waals surface area contributed by atoms with Crippen LogP contribution in [0.5, 0.6) is 0 Å². The van der Waals surface area contributed by atoms with Crippen molar-refractivity contribution in [1.29, 1.82) is 0 Å². The average Bonchev–Trinajstić information content (AvgIpc) is 2.28. The predicted octanol–water partition coefficient (Wildman–Crippen LogP) is 3.43. The van der Waals surface area contributed by atoms with Gasteiger partial charge in [-0.25, -0.2) is 4.79 Å². The van der Waals surface area contributed by atoms with Crippen molar-refractivity contribution in [1.82, 2.24) is 10.2 Å². The molecule has 18 heavy (non-hydrogen) atoms. The van der Waals surface area contributed by atoms with Crippen LogP contribution in [-0.2, 0) is 0 Å². The second-order valence-electron chi connectivity index (χ2n) is 3.36. The standard InChI is InChI=1S/C11H8Cl2N4O/c12-7-2-1-3-8(4-7)15-11(18)16-9-5-10(13)17-14-6-9/h1-6H,(H2,15,16,17,18). The molecule has 0 spiro atoms. The Morgan fingerprint density at radius 2 is 1.89 bits per heavy atom. The third-order valence-electron chi connectivity index (χ3n) is 1.97. The summed E-state index contributed by atoms with van der Waals surface area (Å²) in [6.07, 6.45) is 1.39. The van der Waals surface area contributed by atoms with Crippen LogP contribution in [0.15, 0.2) is 36.5 Å². The number of halogens is 2. The van der Waals surface area contributed by atoms with Gasteiger partial charge in [0.15, 0.2) is 5.15 Å². The molecular weight excluding hydrogens is 275 g/mol. The molecule has 0 unspecified atom stereocenters. The Morgan fingerprint density at radius 3 is 2.61 bits per heavy atom. The van der Waals surface area contributed by atoms with Gasteiger partial charge in [0.1, 0.15) is 0 Å². The first-order chi connectivity index (χ1) is 8.63. The predicted molar refractivity (Wildman–Crippen MR) is 71.1 cm³/mol. The Kier molecular flexibility index (Phi) is 3.96. The number of benzene rings is 1. The topological polar surface area (TPSA) is 66.9 Å². The van der Waals surface area contributed by atoms with Gasteiger partial charge in [-0.3, -0.25) is 0 Å². The molecule has 92 valence electrons. The van der Waals surface area contributed by atoms with Crippen LogP contribution >= 0.6 is 23.2 Å². The summed E-state index contributed by atoms with van der Waals surface area (Å²) in [6.45, 7) is 0. The molecule has 0 aliphatic rings. The molecule has 0 saturated heterocycles. The quantitative estimate of drug-likeness (QED) is 0.887. The second kappa shape index (κ2) is 5.66. The van der Waals surface area contributed by atoms with Gasteiger partial charge in [-0.15, -0.1) is 5.10 Å². The first kappa shape index (κ1) is 12.6. The highest BCUT2D eigenvalue weighted by Crippen LogP contribution is 2.15. The van der Waals surface area contributed by atoms with Gasteiger partial charge in [-0.05, 0) is 18.2 Å². The molecule has 2 rings (SSSR count). The lowest BCUT2D eigenvalue weighted by atomic mass is 10.3. The van der Waals surface area contributed by atoms with Crippen LogP contribution < -0.4 is 10.6 Å².